The summed E-state index contributed by atoms with van der Waals surface area (Å²) in [6, 6.07) is -0.391. The molecule has 0 aromatic heterocycles. The number of carboxylic acids is 1. The number of carboxylic acid groups (broad SMARTS) is 1. The maximum Gasteiger partial charge on any atom is 0.315 e. The van der Waals surface area contributed by atoms with Crippen LogP contribution in [-0.4, -0.2) is 42.4 Å². The molecule has 0 atom stereocenters. The van der Waals surface area contributed by atoms with Crippen molar-refractivity contribution in [2.45, 2.75) is 47.1 Å². The molecule has 3 N–H and O–H groups in total. The van der Waals surface area contributed by atoms with Gasteiger partial charge in [-0.3, -0.25) is 4.79 Å². The molecule has 0 aliphatic carbocycles. The van der Waals surface area contributed by atoms with Crippen LogP contribution in [0.3, 0.4) is 0 Å². The maximum atomic E-state index is 11.8. The number of ether oxygens (including phenoxy) is 1. The molecular formula is C14H28N2O4. The first-order valence-electron chi connectivity index (χ1n) is 6.88. The lowest BCUT2D eigenvalue weighted by Crippen LogP contribution is -2.59. The van der Waals surface area contributed by atoms with Crippen molar-refractivity contribution in [2.75, 3.05) is 19.8 Å². The van der Waals surface area contributed by atoms with Crippen molar-refractivity contribution in [3.05, 3.63) is 0 Å². The summed E-state index contributed by atoms with van der Waals surface area (Å²) in [4.78, 5) is 23.0. The highest BCUT2D eigenvalue weighted by Crippen LogP contribution is 2.30. The van der Waals surface area contributed by atoms with Gasteiger partial charge in [-0.05, 0) is 33.6 Å². The summed E-state index contributed by atoms with van der Waals surface area (Å²) in [6.45, 7) is 12.1. The lowest BCUT2D eigenvalue weighted by atomic mass is 9.74. The molecule has 0 unspecified atom stereocenters. The Bertz CT molecular complexity index is 338. The zero-order valence-corrected chi connectivity index (χ0v) is 13.4. The Kier molecular flexibility index (Phi) is 6.99. The van der Waals surface area contributed by atoms with Crippen LogP contribution in [0.1, 0.15) is 41.5 Å². The fourth-order valence-corrected chi connectivity index (χ4v) is 1.31. The predicted molar refractivity (Wildman–Crippen MR) is 77.7 cm³/mol. The fourth-order valence-electron chi connectivity index (χ4n) is 1.31. The van der Waals surface area contributed by atoms with Crippen LogP contribution in [0.15, 0.2) is 0 Å². The number of amides is 2. The third-order valence-corrected chi connectivity index (χ3v) is 3.51. The normalized spacial score (nSPS) is 12.3. The Labute approximate surface area is 121 Å². The summed E-state index contributed by atoms with van der Waals surface area (Å²) < 4.78 is 5.34. The van der Waals surface area contributed by atoms with Crippen molar-refractivity contribution >= 4 is 12.0 Å². The van der Waals surface area contributed by atoms with Crippen LogP contribution in [0, 0.1) is 11.3 Å². The molecule has 0 spiro atoms. The van der Waals surface area contributed by atoms with Gasteiger partial charge < -0.3 is 20.5 Å². The van der Waals surface area contributed by atoms with Gasteiger partial charge in [-0.15, -0.1) is 0 Å². The molecule has 6 heteroatoms. The Hall–Kier alpha value is -1.30. The van der Waals surface area contributed by atoms with E-state index in [1.165, 1.54) is 0 Å². The summed E-state index contributed by atoms with van der Waals surface area (Å²) in [6.07, 6.45) is 0. The monoisotopic (exact) mass is 288 g/mol. The predicted octanol–water partition coefficient (Wildman–Crippen LogP) is 1.85. The van der Waals surface area contributed by atoms with Gasteiger partial charge in [0, 0.05) is 13.2 Å². The largest absolute Gasteiger partial charge is 0.481 e. The Balaban J connectivity index is 4.17. The van der Waals surface area contributed by atoms with Gasteiger partial charge in [-0.2, -0.15) is 0 Å². The molecule has 0 bridgehead atoms. The van der Waals surface area contributed by atoms with Crippen LogP contribution >= 0.6 is 0 Å². The van der Waals surface area contributed by atoms with Crippen LogP contribution in [0.2, 0.25) is 0 Å². The molecule has 0 aliphatic heterocycles. The minimum atomic E-state index is -1.07. The van der Waals surface area contributed by atoms with E-state index >= 15 is 0 Å². The first-order valence-corrected chi connectivity index (χ1v) is 6.88. The standard InChI is InChI=1S/C14H28N2O4/c1-10(2)9-20-8-7-15-12(19)16-14(5,6)13(3,4)11(17)18/h10H,7-9H2,1-6H3,(H,17,18)(H2,15,16,19). The molecule has 0 heterocycles. The van der Waals surface area contributed by atoms with Gasteiger partial charge in [0.25, 0.3) is 0 Å². The van der Waals surface area contributed by atoms with Gasteiger partial charge >= 0.3 is 12.0 Å². The Morgan fingerprint density at radius 3 is 2.20 bits per heavy atom. The van der Waals surface area contributed by atoms with Gasteiger partial charge in [0.15, 0.2) is 0 Å². The molecule has 0 fully saturated rings. The number of carbonyl (C=O) groups excluding carboxylic acids is 1. The van der Waals surface area contributed by atoms with Gasteiger partial charge in [0.2, 0.25) is 0 Å². The lowest BCUT2D eigenvalue weighted by Gasteiger charge is -2.38. The topological polar surface area (TPSA) is 87.7 Å². The number of carbonyl (C=O) groups is 2. The highest BCUT2D eigenvalue weighted by Gasteiger charge is 2.44. The molecule has 0 radical (unpaired) electrons. The molecule has 0 saturated carbocycles. The van der Waals surface area contributed by atoms with Gasteiger partial charge in [-0.1, -0.05) is 13.8 Å². The van der Waals surface area contributed by atoms with Crippen molar-refractivity contribution in [3.63, 3.8) is 0 Å². The lowest BCUT2D eigenvalue weighted by molar-refractivity contribution is -0.150. The summed E-state index contributed by atoms with van der Waals surface area (Å²) >= 11 is 0. The number of hydrogen-bond acceptors (Lipinski definition) is 3. The molecule has 118 valence electrons. The Morgan fingerprint density at radius 2 is 1.75 bits per heavy atom. The summed E-state index contributed by atoms with van der Waals surface area (Å²) in [5, 5.41) is 14.5. The number of urea groups is 1. The third kappa shape index (κ3) is 5.77. The van der Waals surface area contributed by atoms with E-state index in [-0.39, 0.29) is 0 Å². The summed E-state index contributed by atoms with van der Waals surface area (Å²) in [5.74, 6) is -0.498. The SMILES string of the molecule is CC(C)COCCNC(=O)NC(C)(C)C(C)(C)C(=O)O. The van der Waals surface area contributed by atoms with Crippen molar-refractivity contribution in [2.24, 2.45) is 11.3 Å². The van der Waals surface area contributed by atoms with Gasteiger partial charge in [-0.25, -0.2) is 4.79 Å². The van der Waals surface area contributed by atoms with Gasteiger partial charge in [0.05, 0.1) is 17.6 Å². The first-order chi connectivity index (χ1) is 9.00. The van der Waals surface area contributed by atoms with Crippen molar-refractivity contribution in [1.82, 2.24) is 10.6 Å². The minimum absolute atomic E-state index is 0.391. The zero-order chi connectivity index (χ0) is 16.0. The summed E-state index contributed by atoms with van der Waals surface area (Å²) in [7, 11) is 0. The number of hydrogen-bond donors (Lipinski definition) is 3. The molecule has 6 nitrogen and oxygen atoms in total. The van der Waals surface area contributed by atoms with E-state index in [4.69, 9.17) is 4.74 Å². The van der Waals surface area contributed by atoms with Crippen molar-refractivity contribution < 1.29 is 19.4 Å². The number of rotatable bonds is 8. The molecule has 20 heavy (non-hydrogen) atoms. The zero-order valence-electron chi connectivity index (χ0n) is 13.4. The third-order valence-electron chi connectivity index (χ3n) is 3.51. The van der Waals surface area contributed by atoms with E-state index in [2.05, 4.69) is 24.5 Å². The Morgan fingerprint density at radius 1 is 1.20 bits per heavy atom. The van der Waals surface area contributed by atoms with Crippen LogP contribution in [0.5, 0.6) is 0 Å². The smallest absolute Gasteiger partial charge is 0.315 e. The quantitative estimate of drug-likeness (QED) is 0.595. The van der Waals surface area contributed by atoms with Crippen molar-refractivity contribution in [3.8, 4) is 0 Å². The summed E-state index contributed by atoms with van der Waals surface area (Å²) in [5.41, 5.74) is -1.94. The average Bonchev–Trinajstić information content (AvgIpc) is 2.26. The average molecular weight is 288 g/mol. The highest BCUT2D eigenvalue weighted by molar-refractivity contribution is 5.79. The molecule has 2 amide bonds. The van der Waals surface area contributed by atoms with E-state index < -0.39 is 23.0 Å². The second-order valence-electron chi connectivity index (χ2n) is 6.40. The fraction of sp³-hybridized carbons (Fsp3) is 0.857. The number of nitrogens with one attached hydrogen (secondary N) is 2. The molecule has 0 aromatic rings. The molecule has 0 aromatic carbocycles. The maximum absolute atomic E-state index is 11.8. The second-order valence-corrected chi connectivity index (χ2v) is 6.40. The molecular weight excluding hydrogens is 260 g/mol. The highest BCUT2D eigenvalue weighted by atomic mass is 16.5. The molecule has 0 saturated heterocycles. The van der Waals surface area contributed by atoms with Gasteiger partial charge in [0.1, 0.15) is 0 Å². The van der Waals surface area contributed by atoms with E-state index in [0.717, 1.165) is 0 Å². The van der Waals surface area contributed by atoms with Crippen LogP contribution < -0.4 is 10.6 Å². The first kappa shape index (κ1) is 18.7. The second kappa shape index (κ2) is 7.47. The number of aliphatic carboxylic acids is 1. The molecule has 0 rings (SSSR count). The molecule has 0 aliphatic rings. The van der Waals surface area contributed by atoms with Crippen molar-refractivity contribution in [1.29, 1.82) is 0 Å². The van der Waals surface area contributed by atoms with E-state index in [1.807, 2.05) is 0 Å². The minimum Gasteiger partial charge on any atom is -0.481 e. The van der Waals surface area contributed by atoms with E-state index in [0.29, 0.717) is 25.7 Å². The van der Waals surface area contributed by atoms with Crippen LogP contribution in [0.25, 0.3) is 0 Å². The van der Waals surface area contributed by atoms with E-state index in [9.17, 15) is 14.7 Å². The van der Waals surface area contributed by atoms with E-state index in [1.54, 1.807) is 27.7 Å². The van der Waals surface area contributed by atoms with Crippen LogP contribution in [-0.2, 0) is 9.53 Å². The van der Waals surface area contributed by atoms with Crippen LogP contribution in [0.4, 0.5) is 4.79 Å².